The summed E-state index contributed by atoms with van der Waals surface area (Å²) in [5, 5.41) is 6.90. The Labute approximate surface area is 133 Å². The minimum atomic E-state index is -0.391. The molecule has 1 saturated carbocycles. The molecule has 1 fully saturated rings. The van der Waals surface area contributed by atoms with E-state index in [0.717, 1.165) is 12.8 Å². The molecule has 0 saturated heterocycles. The maximum absolute atomic E-state index is 12.5. The first-order valence-corrected chi connectivity index (χ1v) is 7.77. The van der Waals surface area contributed by atoms with Gasteiger partial charge >= 0.3 is 0 Å². The number of hydrogen-bond donors (Lipinski definition) is 1. The summed E-state index contributed by atoms with van der Waals surface area (Å²) in [6.07, 6.45) is 2.17. The molecule has 2 aromatic heterocycles. The molecule has 2 aromatic rings. The molecule has 1 atom stereocenters. The highest BCUT2D eigenvalue weighted by Gasteiger charge is 2.31. The van der Waals surface area contributed by atoms with Gasteiger partial charge in [0.1, 0.15) is 11.7 Å². The molecule has 7 nitrogen and oxygen atoms in total. The molecular weight excluding hydrogens is 296 g/mol. The fourth-order valence-electron chi connectivity index (χ4n) is 2.40. The Morgan fingerprint density at radius 2 is 2.13 bits per heavy atom. The van der Waals surface area contributed by atoms with Gasteiger partial charge in [-0.1, -0.05) is 25.1 Å². The van der Waals surface area contributed by atoms with Crippen molar-refractivity contribution in [2.45, 2.75) is 38.6 Å². The molecule has 3 rings (SSSR count). The van der Waals surface area contributed by atoms with Crippen molar-refractivity contribution in [1.82, 2.24) is 20.0 Å². The van der Waals surface area contributed by atoms with Crippen LogP contribution in [0.1, 0.15) is 60.9 Å². The molecule has 0 aliphatic heterocycles. The number of carbonyl (C=O) groups excluding carboxylic acids is 1. The second-order valence-electron chi connectivity index (χ2n) is 6.27. The van der Waals surface area contributed by atoms with E-state index in [1.165, 1.54) is 10.6 Å². The fraction of sp³-hybridized carbons (Fsp3) is 0.500. The normalized spacial score (nSPS) is 15.7. The lowest BCUT2D eigenvalue weighted by molar-refractivity contribution is 0.0904. The van der Waals surface area contributed by atoms with Crippen LogP contribution in [-0.4, -0.2) is 20.6 Å². The number of hydrogen-bond acceptors (Lipinski definition) is 5. The number of amides is 1. The SMILES string of the molecule is CC(C)C(NC(=O)c1cccc(=O)n1C)c1nc(C2CC2)no1. The average Bonchev–Trinajstić information content (AvgIpc) is 3.25. The van der Waals surface area contributed by atoms with E-state index in [1.807, 2.05) is 13.8 Å². The summed E-state index contributed by atoms with van der Waals surface area (Å²) in [6.45, 7) is 3.94. The summed E-state index contributed by atoms with van der Waals surface area (Å²) < 4.78 is 6.65. The van der Waals surface area contributed by atoms with Gasteiger partial charge < -0.3 is 14.4 Å². The van der Waals surface area contributed by atoms with E-state index in [2.05, 4.69) is 15.5 Å². The van der Waals surface area contributed by atoms with E-state index >= 15 is 0 Å². The van der Waals surface area contributed by atoms with E-state index in [-0.39, 0.29) is 17.4 Å². The molecule has 0 aromatic carbocycles. The van der Waals surface area contributed by atoms with Gasteiger partial charge in [-0.2, -0.15) is 4.98 Å². The molecule has 1 aliphatic rings. The molecule has 0 spiro atoms. The van der Waals surface area contributed by atoms with Gasteiger partial charge in [0, 0.05) is 19.0 Å². The summed E-state index contributed by atoms with van der Waals surface area (Å²) in [5.41, 5.74) is 0.0673. The maximum atomic E-state index is 12.5. The third kappa shape index (κ3) is 3.18. The molecule has 1 N–H and O–H groups in total. The van der Waals surface area contributed by atoms with Crippen molar-refractivity contribution in [3.05, 3.63) is 46.0 Å². The minimum absolute atomic E-state index is 0.0761. The summed E-state index contributed by atoms with van der Waals surface area (Å²) in [5.74, 6) is 1.26. The Balaban J connectivity index is 1.82. The van der Waals surface area contributed by atoms with Crippen molar-refractivity contribution in [3.63, 3.8) is 0 Å². The van der Waals surface area contributed by atoms with Crippen LogP contribution < -0.4 is 10.9 Å². The topological polar surface area (TPSA) is 90.0 Å². The van der Waals surface area contributed by atoms with Crippen LogP contribution in [0.4, 0.5) is 0 Å². The first-order valence-electron chi connectivity index (χ1n) is 7.77. The number of nitrogens with one attached hydrogen (secondary N) is 1. The molecule has 122 valence electrons. The molecule has 2 heterocycles. The smallest absolute Gasteiger partial charge is 0.268 e. The van der Waals surface area contributed by atoms with Gasteiger partial charge in [-0.25, -0.2) is 0 Å². The van der Waals surface area contributed by atoms with E-state index in [9.17, 15) is 9.59 Å². The molecule has 1 unspecified atom stereocenters. The molecule has 0 radical (unpaired) electrons. The lowest BCUT2D eigenvalue weighted by Crippen LogP contribution is -2.35. The second kappa shape index (κ2) is 5.98. The van der Waals surface area contributed by atoms with Crippen molar-refractivity contribution in [2.75, 3.05) is 0 Å². The second-order valence-corrected chi connectivity index (χ2v) is 6.27. The van der Waals surface area contributed by atoms with Gasteiger partial charge in [-0.15, -0.1) is 0 Å². The third-order valence-electron chi connectivity index (χ3n) is 4.04. The van der Waals surface area contributed by atoms with Gasteiger partial charge in [-0.3, -0.25) is 9.59 Å². The van der Waals surface area contributed by atoms with Crippen LogP contribution in [0.5, 0.6) is 0 Å². The fourth-order valence-corrected chi connectivity index (χ4v) is 2.40. The summed E-state index contributed by atoms with van der Waals surface area (Å²) in [6, 6.07) is 4.20. The summed E-state index contributed by atoms with van der Waals surface area (Å²) in [4.78, 5) is 28.6. The van der Waals surface area contributed by atoms with E-state index in [0.29, 0.717) is 23.3 Å². The Hall–Kier alpha value is -2.44. The van der Waals surface area contributed by atoms with Gasteiger partial charge in [0.2, 0.25) is 5.89 Å². The van der Waals surface area contributed by atoms with Gasteiger partial charge in [-0.05, 0) is 24.8 Å². The first-order chi connectivity index (χ1) is 11.0. The van der Waals surface area contributed by atoms with Crippen LogP contribution in [-0.2, 0) is 7.05 Å². The molecular formula is C16H20N4O3. The van der Waals surface area contributed by atoms with Crippen LogP contribution >= 0.6 is 0 Å². The summed E-state index contributed by atoms with van der Waals surface area (Å²) in [7, 11) is 1.57. The van der Waals surface area contributed by atoms with Crippen LogP contribution in [0.25, 0.3) is 0 Å². The number of nitrogens with zero attached hydrogens (tertiary/aromatic N) is 3. The van der Waals surface area contributed by atoms with Crippen LogP contribution in [0.15, 0.2) is 27.5 Å². The van der Waals surface area contributed by atoms with Gasteiger partial charge in [0.05, 0.1) is 0 Å². The molecule has 1 amide bonds. The predicted molar refractivity (Wildman–Crippen MR) is 83.0 cm³/mol. The minimum Gasteiger partial charge on any atom is -0.339 e. The van der Waals surface area contributed by atoms with Crippen molar-refractivity contribution >= 4 is 5.91 Å². The largest absolute Gasteiger partial charge is 0.339 e. The van der Waals surface area contributed by atoms with E-state index < -0.39 is 6.04 Å². The first kappa shape index (κ1) is 15.5. The highest BCUT2D eigenvalue weighted by atomic mass is 16.5. The number of aromatic nitrogens is 3. The highest BCUT2D eigenvalue weighted by molar-refractivity contribution is 5.92. The Kier molecular flexibility index (Phi) is 4.02. The molecule has 7 heteroatoms. The van der Waals surface area contributed by atoms with Crippen LogP contribution in [0.3, 0.4) is 0 Å². The van der Waals surface area contributed by atoms with E-state index in [4.69, 9.17) is 4.52 Å². The molecule has 1 aliphatic carbocycles. The van der Waals surface area contributed by atoms with Crippen molar-refractivity contribution in [3.8, 4) is 0 Å². The van der Waals surface area contributed by atoms with Gasteiger partial charge in [0.25, 0.3) is 11.5 Å². The molecule has 23 heavy (non-hydrogen) atoms. The quantitative estimate of drug-likeness (QED) is 0.908. The lowest BCUT2D eigenvalue weighted by Gasteiger charge is -2.19. The average molecular weight is 316 g/mol. The van der Waals surface area contributed by atoms with E-state index in [1.54, 1.807) is 19.2 Å². The zero-order valence-electron chi connectivity index (χ0n) is 13.4. The van der Waals surface area contributed by atoms with Crippen LogP contribution in [0.2, 0.25) is 0 Å². The van der Waals surface area contributed by atoms with Crippen molar-refractivity contribution < 1.29 is 9.32 Å². The van der Waals surface area contributed by atoms with Crippen LogP contribution in [0, 0.1) is 5.92 Å². The number of pyridine rings is 1. The van der Waals surface area contributed by atoms with Crippen molar-refractivity contribution in [2.24, 2.45) is 13.0 Å². The number of rotatable bonds is 5. The highest BCUT2D eigenvalue weighted by Crippen LogP contribution is 2.38. The maximum Gasteiger partial charge on any atom is 0.268 e. The lowest BCUT2D eigenvalue weighted by atomic mass is 10.0. The summed E-state index contributed by atoms with van der Waals surface area (Å²) >= 11 is 0. The number of carbonyl (C=O) groups is 1. The zero-order valence-corrected chi connectivity index (χ0v) is 13.4. The predicted octanol–water partition coefficient (Wildman–Crippen LogP) is 1.77. The third-order valence-corrected chi connectivity index (χ3v) is 4.04. The Morgan fingerprint density at radius 3 is 2.78 bits per heavy atom. The van der Waals surface area contributed by atoms with Gasteiger partial charge in [0.15, 0.2) is 5.82 Å². The Bertz CT molecular complexity index is 774. The standard InChI is InChI=1S/C16H20N4O3/c1-9(2)13(16-18-14(19-23-16)10-7-8-10)17-15(22)11-5-4-6-12(21)20(11)3/h4-6,9-10,13H,7-8H2,1-3H3,(H,17,22). The monoisotopic (exact) mass is 316 g/mol. The Morgan fingerprint density at radius 1 is 1.39 bits per heavy atom. The molecule has 0 bridgehead atoms. The van der Waals surface area contributed by atoms with Crippen molar-refractivity contribution in [1.29, 1.82) is 0 Å². The zero-order chi connectivity index (χ0) is 16.6.